The Morgan fingerprint density at radius 1 is 1.42 bits per heavy atom. The minimum absolute atomic E-state index is 0.0324. The highest BCUT2D eigenvalue weighted by atomic mass is 19.3. The molecule has 104 valence electrons. The van der Waals surface area contributed by atoms with Gasteiger partial charge in [-0.1, -0.05) is 19.9 Å². The summed E-state index contributed by atoms with van der Waals surface area (Å²) < 4.78 is 28.5. The summed E-state index contributed by atoms with van der Waals surface area (Å²) in [4.78, 5) is 0. The molecular formula is C14H18F2N2O. The van der Waals surface area contributed by atoms with Crippen molar-refractivity contribution in [2.75, 3.05) is 11.9 Å². The molecule has 0 aliphatic rings. The lowest BCUT2D eigenvalue weighted by molar-refractivity contribution is -0.0498. The molecular weight excluding hydrogens is 250 g/mol. The first-order chi connectivity index (χ1) is 8.93. The van der Waals surface area contributed by atoms with E-state index >= 15 is 0 Å². The Hall–Kier alpha value is -1.83. The molecule has 0 saturated heterocycles. The second-order valence-corrected chi connectivity index (χ2v) is 5.08. The zero-order chi connectivity index (χ0) is 14.3. The van der Waals surface area contributed by atoms with Crippen molar-refractivity contribution in [3.63, 3.8) is 0 Å². The lowest BCUT2D eigenvalue weighted by Crippen LogP contribution is -2.22. The lowest BCUT2D eigenvalue weighted by Gasteiger charge is -2.24. The van der Waals surface area contributed by atoms with Crippen LogP contribution in [0.15, 0.2) is 24.3 Å². The Morgan fingerprint density at radius 3 is 2.79 bits per heavy atom. The highest BCUT2D eigenvalue weighted by molar-refractivity contribution is 5.48. The third kappa shape index (κ3) is 6.05. The average Bonchev–Trinajstić information content (AvgIpc) is 2.34. The van der Waals surface area contributed by atoms with E-state index in [-0.39, 0.29) is 11.2 Å². The Labute approximate surface area is 112 Å². The van der Waals surface area contributed by atoms with Gasteiger partial charge in [0, 0.05) is 24.7 Å². The summed E-state index contributed by atoms with van der Waals surface area (Å²) in [6.45, 7) is 1.95. The second-order valence-electron chi connectivity index (χ2n) is 5.08. The van der Waals surface area contributed by atoms with Gasteiger partial charge in [0.1, 0.15) is 5.75 Å². The minimum Gasteiger partial charge on any atom is -0.435 e. The number of nitrogens with one attached hydrogen (secondary N) is 1. The molecule has 0 amide bonds. The quantitative estimate of drug-likeness (QED) is 0.812. The number of hydrogen-bond donors (Lipinski definition) is 1. The number of rotatable bonds is 7. The van der Waals surface area contributed by atoms with E-state index in [2.05, 4.69) is 30.0 Å². The summed E-state index contributed by atoms with van der Waals surface area (Å²) in [7, 11) is 0. The first-order valence-electron chi connectivity index (χ1n) is 6.09. The van der Waals surface area contributed by atoms with Gasteiger partial charge in [-0.05, 0) is 24.0 Å². The first-order valence-corrected chi connectivity index (χ1v) is 6.09. The Bertz CT molecular complexity index is 441. The van der Waals surface area contributed by atoms with Crippen molar-refractivity contribution in [3.05, 3.63) is 24.3 Å². The largest absolute Gasteiger partial charge is 0.435 e. The smallest absolute Gasteiger partial charge is 0.387 e. The summed E-state index contributed by atoms with van der Waals surface area (Å²) >= 11 is 0. The van der Waals surface area contributed by atoms with Crippen LogP contribution in [0.2, 0.25) is 0 Å². The molecule has 0 aromatic heterocycles. The maximum Gasteiger partial charge on any atom is 0.387 e. The first kappa shape index (κ1) is 15.2. The second kappa shape index (κ2) is 6.93. The molecule has 1 rings (SSSR count). The molecule has 1 aromatic carbocycles. The Morgan fingerprint density at radius 2 is 2.16 bits per heavy atom. The van der Waals surface area contributed by atoms with E-state index in [1.165, 1.54) is 12.1 Å². The van der Waals surface area contributed by atoms with Crippen LogP contribution in [-0.2, 0) is 0 Å². The van der Waals surface area contributed by atoms with Crippen LogP contribution in [0.5, 0.6) is 5.75 Å². The zero-order valence-corrected chi connectivity index (χ0v) is 11.1. The molecule has 0 bridgehead atoms. The van der Waals surface area contributed by atoms with Crippen LogP contribution in [-0.4, -0.2) is 13.2 Å². The van der Waals surface area contributed by atoms with Gasteiger partial charge >= 0.3 is 6.61 Å². The summed E-state index contributed by atoms with van der Waals surface area (Å²) in [5.74, 6) is 0.134. The third-order valence-corrected chi connectivity index (χ3v) is 2.74. The van der Waals surface area contributed by atoms with Crippen LogP contribution >= 0.6 is 0 Å². The fourth-order valence-corrected chi connectivity index (χ4v) is 1.61. The monoisotopic (exact) mass is 268 g/mol. The van der Waals surface area contributed by atoms with Crippen LogP contribution < -0.4 is 10.1 Å². The van der Waals surface area contributed by atoms with Crippen molar-refractivity contribution in [1.82, 2.24) is 0 Å². The minimum atomic E-state index is -2.82. The van der Waals surface area contributed by atoms with Crippen molar-refractivity contribution in [2.45, 2.75) is 33.3 Å². The van der Waals surface area contributed by atoms with E-state index in [0.717, 1.165) is 12.1 Å². The Kier molecular flexibility index (Phi) is 5.56. The van der Waals surface area contributed by atoms with Crippen molar-refractivity contribution in [2.24, 2.45) is 5.41 Å². The zero-order valence-electron chi connectivity index (χ0n) is 11.1. The summed E-state index contributed by atoms with van der Waals surface area (Å²) in [5.41, 5.74) is 0.693. The highest BCUT2D eigenvalue weighted by Crippen LogP contribution is 2.24. The maximum absolute atomic E-state index is 12.1. The van der Waals surface area contributed by atoms with Gasteiger partial charge in [0.05, 0.1) is 6.07 Å². The van der Waals surface area contributed by atoms with Gasteiger partial charge in [-0.2, -0.15) is 14.0 Å². The average molecular weight is 268 g/mol. The van der Waals surface area contributed by atoms with E-state index < -0.39 is 6.61 Å². The summed E-state index contributed by atoms with van der Waals surface area (Å²) in [6.07, 6.45) is 1.28. The van der Waals surface area contributed by atoms with Gasteiger partial charge in [-0.15, -0.1) is 0 Å². The third-order valence-electron chi connectivity index (χ3n) is 2.74. The standard InChI is InChI=1S/C14H18F2N2O/c1-14(2,7-4-8-17)10-18-11-5-3-6-12(9-11)19-13(15)16/h3,5-6,9,13,18H,4,7,10H2,1-2H3. The molecule has 3 nitrogen and oxygen atoms in total. The molecule has 0 aliphatic heterocycles. The number of nitriles is 1. The van der Waals surface area contributed by atoms with Gasteiger partial charge in [0.2, 0.25) is 0 Å². The van der Waals surface area contributed by atoms with Gasteiger partial charge in [-0.25, -0.2) is 0 Å². The number of nitrogens with zero attached hydrogens (tertiary/aromatic N) is 1. The maximum atomic E-state index is 12.1. The predicted molar refractivity (Wildman–Crippen MR) is 70.2 cm³/mol. The predicted octanol–water partition coefficient (Wildman–Crippen LogP) is 4.03. The van der Waals surface area contributed by atoms with E-state index in [1.807, 2.05) is 0 Å². The van der Waals surface area contributed by atoms with Crippen molar-refractivity contribution >= 4 is 5.69 Å². The number of halogens is 2. The molecule has 0 radical (unpaired) electrons. The summed E-state index contributed by atoms with van der Waals surface area (Å²) in [6, 6.07) is 8.59. The molecule has 1 N–H and O–H groups in total. The van der Waals surface area contributed by atoms with Gasteiger partial charge in [0.15, 0.2) is 0 Å². The van der Waals surface area contributed by atoms with E-state index in [0.29, 0.717) is 13.0 Å². The molecule has 19 heavy (non-hydrogen) atoms. The number of ether oxygens (including phenoxy) is 1. The van der Waals surface area contributed by atoms with Gasteiger partial charge in [0.25, 0.3) is 0 Å². The van der Waals surface area contributed by atoms with Crippen LogP contribution in [0.4, 0.5) is 14.5 Å². The van der Waals surface area contributed by atoms with Crippen molar-refractivity contribution in [1.29, 1.82) is 5.26 Å². The normalized spacial score (nSPS) is 11.2. The molecule has 0 aliphatic carbocycles. The van der Waals surface area contributed by atoms with Crippen LogP contribution in [0, 0.1) is 16.7 Å². The number of hydrogen-bond acceptors (Lipinski definition) is 3. The SMILES string of the molecule is CC(C)(CCC#N)CNc1cccc(OC(F)F)c1. The molecule has 1 aromatic rings. The van der Waals surface area contributed by atoms with Crippen molar-refractivity contribution < 1.29 is 13.5 Å². The Balaban J connectivity index is 2.55. The lowest BCUT2D eigenvalue weighted by atomic mass is 9.88. The molecule has 0 spiro atoms. The molecule has 5 heteroatoms. The molecule has 0 heterocycles. The van der Waals surface area contributed by atoms with Gasteiger partial charge < -0.3 is 10.1 Å². The fraction of sp³-hybridized carbons (Fsp3) is 0.500. The topological polar surface area (TPSA) is 45.0 Å². The number of anilines is 1. The van der Waals surface area contributed by atoms with Crippen molar-refractivity contribution in [3.8, 4) is 11.8 Å². The molecule has 0 fully saturated rings. The molecule has 0 unspecified atom stereocenters. The highest BCUT2D eigenvalue weighted by Gasteiger charge is 2.17. The van der Waals surface area contributed by atoms with E-state index in [1.54, 1.807) is 12.1 Å². The number of alkyl halides is 2. The van der Waals surface area contributed by atoms with E-state index in [9.17, 15) is 8.78 Å². The fourth-order valence-electron chi connectivity index (χ4n) is 1.61. The summed E-state index contributed by atoms with van der Waals surface area (Å²) in [5, 5.41) is 11.8. The number of benzene rings is 1. The molecule has 0 saturated carbocycles. The van der Waals surface area contributed by atoms with Crippen LogP contribution in [0.1, 0.15) is 26.7 Å². The van der Waals surface area contributed by atoms with E-state index in [4.69, 9.17) is 5.26 Å². The van der Waals surface area contributed by atoms with Crippen LogP contribution in [0.25, 0.3) is 0 Å². The van der Waals surface area contributed by atoms with Crippen LogP contribution in [0.3, 0.4) is 0 Å². The molecule has 0 atom stereocenters. The van der Waals surface area contributed by atoms with Gasteiger partial charge in [-0.3, -0.25) is 0 Å².